The van der Waals surface area contributed by atoms with Crippen LogP contribution in [0.5, 0.6) is 5.75 Å². The van der Waals surface area contributed by atoms with E-state index in [4.69, 9.17) is 9.15 Å². The summed E-state index contributed by atoms with van der Waals surface area (Å²) in [7, 11) is 0. The minimum absolute atomic E-state index is 0.235. The molecule has 2 amide bonds. The third-order valence-electron chi connectivity index (χ3n) is 2.74. The first kappa shape index (κ1) is 18.3. The normalized spacial score (nSPS) is 10.6. The average molecular weight is 458 g/mol. The molecule has 24 heavy (non-hydrogen) atoms. The summed E-state index contributed by atoms with van der Waals surface area (Å²) < 4.78 is 12.2. The van der Waals surface area contributed by atoms with Crippen LogP contribution >= 0.6 is 31.9 Å². The number of hydrogen-bond donors (Lipinski definition) is 2. The lowest BCUT2D eigenvalue weighted by Crippen LogP contribution is -2.43. The Labute approximate surface area is 155 Å². The molecule has 1 aromatic heterocycles. The summed E-state index contributed by atoms with van der Waals surface area (Å²) in [5, 5.41) is 0. The average Bonchev–Trinajstić information content (AvgIpc) is 2.95. The Balaban J connectivity index is 1.74. The summed E-state index contributed by atoms with van der Waals surface area (Å²) in [6.45, 7) is 1.57. The quantitative estimate of drug-likeness (QED) is 0.532. The molecule has 126 valence electrons. The summed E-state index contributed by atoms with van der Waals surface area (Å²) in [5.74, 6) is 0.854. The minimum atomic E-state index is -0.486. The van der Waals surface area contributed by atoms with Gasteiger partial charge in [-0.3, -0.25) is 20.4 Å². The van der Waals surface area contributed by atoms with Crippen LogP contribution in [0.2, 0.25) is 0 Å². The van der Waals surface area contributed by atoms with Crippen molar-refractivity contribution in [2.75, 3.05) is 6.61 Å². The summed E-state index contributed by atoms with van der Waals surface area (Å²) in [6.07, 6.45) is 2.76. The lowest BCUT2D eigenvalue weighted by atomic mass is 10.3. The molecule has 6 nitrogen and oxygen atoms in total. The van der Waals surface area contributed by atoms with E-state index in [0.717, 1.165) is 10.2 Å². The number of aryl methyl sites for hydroxylation is 1. The smallest absolute Gasteiger partial charge is 0.276 e. The Morgan fingerprint density at radius 2 is 2.00 bits per heavy atom. The molecular weight excluding hydrogens is 444 g/mol. The molecule has 0 saturated carbocycles. The molecule has 2 aromatic rings. The SMILES string of the molecule is Cc1ccc(C=CC(=O)NNC(=O)COc2ccc(Br)cc2Br)o1. The second kappa shape index (κ2) is 8.70. The second-order valence-electron chi connectivity index (χ2n) is 4.68. The Morgan fingerprint density at radius 1 is 1.21 bits per heavy atom. The van der Waals surface area contributed by atoms with Crippen molar-refractivity contribution in [1.82, 2.24) is 10.9 Å². The fraction of sp³-hybridized carbons (Fsp3) is 0.125. The van der Waals surface area contributed by atoms with E-state index in [9.17, 15) is 9.59 Å². The molecule has 0 atom stereocenters. The van der Waals surface area contributed by atoms with E-state index < -0.39 is 11.8 Å². The van der Waals surface area contributed by atoms with Crippen molar-refractivity contribution in [2.24, 2.45) is 0 Å². The highest BCUT2D eigenvalue weighted by Crippen LogP contribution is 2.27. The Kier molecular flexibility index (Phi) is 6.62. The Hall–Kier alpha value is -2.06. The maximum atomic E-state index is 11.7. The van der Waals surface area contributed by atoms with Gasteiger partial charge in [0.15, 0.2) is 6.61 Å². The highest BCUT2D eigenvalue weighted by atomic mass is 79.9. The van der Waals surface area contributed by atoms with Crippen molar-refractivity contribution >= 4 is 49.8 Å². The van der Waals surface area contributed by atoms with E-state index >= 15 is 0 Å². The number of carbonyl (C=O) groups is 2. The molecule has 0 aliphatic rings. The highest BCUT2D eigenvalue weighted by molar-refractivity contribution is 9.11. The standard InChI is InChI=1S/C16H14Br2N2O4/c1-10-2-4-12(24-10)5-7-15(21)19-20-16(22)9-23-14-6-3-11(17)8-13(14)18/h2-8H,9H2,1H3,(H,19,21)(H,20,22). The van der Waals surface area contributed by atoms with Crippen molar-refractivity contribution in [2.45, 2.75) is 6.92 Å². The van der Waals surface area contributed by atoms with E-state index in [-0.39, 0.29) is 6.61 Å². The molecule has 1 heterocycles. The van der Waals surface area contributed by atoms with Gasteiger partial charge in [-0.05, 0) is 59.3 Å². The van der Waals surface area contributed by atoms with E-state index in [2.05, 4.69) is 42.7 Å². The first-order valence-corrected chi connectivity index (χ1v) is 8.44. The largest absolute Gasteiger partial charge is 0.483 e. The third kappa shape index (κ3) is 5.86. The molecule has 2 rings (SSSR count). The fourth-order valence-corrected chi connectivity index (χ4v) is 2.81. The van der Waals surface area contributed by atoms with E-state index in [1.54, 1.807) is 37.3 Å². The minimum Gasteiger partial charge on any atom is -0.483 e. The molecule has 0 radical (unpaired) electrons. The number of amides is 2. The maximum absolute atomic E-state index is 11.7. The zero-order chi connectivity index (χ0) is 17.5. The van der Waals surface area contributed by atoms with Gasteiger partial charge in [0.1, 0.15) is 17.3 Å². The number of ether oxygens (including phenoxy) is 1. The Bertz CT molecular complexity index is 771. The number of benzene rings is 1. The number of nitrogens with one attached hydrogen (secondary N) is 2. The van der Waals surface area contributed by atoms with Gasteiger partial charge in [0.05, 0.1) is 4.47 Å². The van der Waals surface area contributed by atoms with Crippen LogP contribution in [0.15, 0.2) is 49.8 Å². The van der Waals surface area contributed by atoms with Crippen LogP contribution in [-0.2, 0) is 9.59 Å². The molecule has 0 aliphatic heterocycles. The van der Waals surface area contributed by atoms with Crippen LogP contribution in [-0.4, -0.2) is 18.4 Å². The molecule has 0 fully saturated rings. The van der Waals surface area contributed by atoms with Gasteiger partial charge in [-0.15, -0.1) is 0 Å². The summed E-state index contributed by atoms with van der Waals surface area (Å²) in [5.41, 5.74) is 4.51. The van der Waals surface area contributed by atoms with Crippen molar-refractivity contribution in [3.63, 3.8) is 0 Å². The number of rotatable bonds is 5. The molecule has 0 saturated heterocycles. The molecule has 0 bridgehead atoms. The van der Waals surface area contributed by atoms with Crippen LogP contribution < -0.4 is 15.6 Å². The van der Waals surface area contributed by atoms with Crippen LogP contribution in [0.3, 0.4) is 0 Å². The molecule has 0 spiro atoms. The van der Waals surface area contributed by atoms with Crippen molar-refractivity contribution in [3.8, 4) is 5.75 Å². The molecule has 8 heteroatoms. The number of hydrogen-bond acceptors (Lipinski definition) is 4. The van der Waals surface area contributed by atoms with E-state index in [0.29, 0.717) is 16.0 Å². The van der Waals surface area contributed by atoms with Crippen LogP contribution in [0, 0.1) is 6.92 Å². The summed E-state index contributed by atoms with van der Waals surface area (Å²) in [4.78, 5) is 23.2. The van der Waals surface area contributed by atoms with Crippen LogP contribution in [0.1, 0.15) is 11.5 Å². The topological polar surface area (TPSA) is 80.6 Å². The highest BCUT2D eigenvalue weighted by Gasteiger charge is 2.07. The number of halogens is 2. The molecule has 1 aromatic carbocycles. The maximum Gasteiger partial charge on any atom is 0.276 e. The first-order chi connectivity index (χ1) is 11.4. The van der Waals surface area contributed by atoms with Gasteiger partial charge in [-0.1, -0.05) is 15.9 Å². The van der Waals surface area contributed by atoms with Gasteiger partial charge in [-0.2, -0.15) is 0 Å². The van der Waals surface area contributed by atoms with Gasteiger partial charge in [0.2, 0.25) is 0 Å². The predicted octanol–water partition coefficient (Wildman–Crippen LogP) is 3.35. The van der Waals surface area contributed by atoms with Gasteiger partial charge >= 0.3 is 0 Å². The third-order valence-corrected chi connectivity index (χ3v) is 3.85. The van der Waals surface area contributed by atoms with Crippen LogP contribution in [0.25, 0.3) is 6.08 Å². The van der Waals surface area contributed by atoms with Crippen molar-refractivity contribution in [1.29, 1.82) is 0 Å². The zero-order valence-electron chi connectivity index (χ0n) is 12.6. The lowest BCUT2D eigenvalue weighted by molar-refractivity contribution is -0.128. The predicted molar refractivity (Wildman–Crippen MR) is 96.1 cm³/mol. The number of carbonyl (C=O) groups excluding carboxylic acids is 2. The van der Waals surface area contributed by atoms with E-state index in [1.165, 1.54) is 12.2 Å². The van der Waals surface area contributed by atoms with Gasteiger partial charge in [0.25, 0.3) is 11.8 Å². The molecular formula is C16H14Br2N2O4. The second-order valence-corrected chi connectivity index (χ2v) is 6.45. The van der Waals surface area contributed by atoms with Crippen molar-refractivity contribution in [3.05, 3.63) is 56.9 Å². The van der Waals surface area contributed by atoms with Crippen LogP contribution in [0.4, 0.5) is 0 Å². The molecule has 2 N–H and O–H groups in total. The lowest BCUT2D eigenvalue weighted by Gasteiger charge is -2.09. The fourth-order valence-electron chi connectivity index (χ4n) is 1.65. The monoisotopic (exact) mass is 456 g/mol. The van der Waals surface area contributed by atoms with E-state index in [1.807, 2.05) is 0 Å². The molecule has 0 aliphatic carbocycles. The summed E-state index contributed by atoms with van der Waals surface area (Å²) in [6, 6.07) is 8.84. The van der Waals surface area contributed by atoms with Gasteiger partial charge in [-0.25, -0.2) is 0 Å². The Morgan fingerprint density at radius 3 is 2.67 bits per heavy atom. The van der Waals surface area contributed by atoms with Crippen molar-refractivity contribution < 1.29 is 18.7 Å². The number of hydrazine groups is 1. The molecule has 0 unspecified atom stereocenters. The van der Waals surface area contributed by atoms with Gasteiger partial charge in [0, 0.05) is 10.5 Å². The number of furan rings is 1. The zero-order valence-corrected chi connectivity index (χ0v) is 15.8. The van der Waals surface area contributed by atoms with Gasteiger partial charge < -0.3 is 9.15 Å². The summed E-state index contributed by atoms with van der Waals surface area (Å²) >= 11 is 6.65. The first-order valence-electron chi connectivity index (χ1n) is 6.85.